The van der Waals surface area contributed by atoms with Gasteiger partial charge in [0.05, 0.1) is 17.9 Å². The lowest BCUT2D eigenvalue weighted by atomic mass is 10.0. The number of pyridine rings is 1. The van der Waals surface area contributed by atoms with Crippen LogP contribution >= 0.6 is 0 Å². The summed E-state index contributed by atoms with van der Waals surface area (Å²) in [4.78, 5) is 21.3. The molecule has 3 aromatic heterocycles. The van der Waals surface area contributed by atoms with Crippen LogP contribution in [0.2, 0.25) is 0 Å². The average molecular weight is 385 g/mol. The van der Waals surface area contributed by atoms with Gasteiger partial charge in [-0.3, -0.25) is 9.78 Å². The molecule has 4 rings (SSSR count). The zero-order valence-electron chi connectivity index (χ0n) is 16.7. The Balaban J connectivity index is 1.64. The molecule has 4 aromatic rings. The minimum Gasteiger partial charge on any atom is -0.345 e. The summed E-state index contributed by atoms with van der Waals surface area (Å²) in [7, 11) is 0. The summed E-state index contributed by atoms with van der Waals surface area (Å²) in [5, 5.41) is 7.45. The summed E-state index contributed by atoms with van der Waals surface area (Å²) in [5.74, 6) is 0.271. The van der Waals surface area contributed by atoms with Crippen molar-refractivity contribution in [3.63, 3.8) is 0 Å². The van der Waals surface area contributed by atoms with Crippen molar-refractivity contribution in [2.45, 2.75) is 32.7 Å². The standard InChI is InChI=1S/C23H23N5O/c1-15(2)17-4-6-19(7-5-17)21-10-13-25-22-20(14-26-28(21)22)23(29)27-16(3)18-8-11-24-12-9-18/h4-16H,1-3H3,(H,27,29)/t16-/m0/s1. The highest BCUT2D eigenvalue weighted by Crippen LogP contribution is 2.24. The monoisotopic (exact) mass is 385 g/mol. The van der Waals surface area contributed by atoms with Crippen LogP contribution in [0, 0.1) is 0 Å². The Labute approximate surface area is 169 Å². The molecule has 1 N–H and O–H groups in total. The van der Waals surface area contributed by atoms with Gasteiger partial charge in [0.15, 0.2) is 5.65 Å². The van der Waals surface area contributed by atoms with E-state index in [4.69, 9.17) is 0 Å². The van der Waals surface area contributed by atoms with E-state index in [1.807, 2.05) is 25.1 Å². The highest BCUT2D eigenvalue weighted by molar-refractivity contribution is 6.00. The van der Waals surface area contributed by atoms with Crippen LogP contribution in [0.1, 0.15) is 54.2 Å². The number of nitrogens with zero attached hydrogens (tertiary/aromatic N) is 4. The van der Waals surface area contributed by atoms with Crippen LogP contribution in [0.25, 0.3) is 16.9 Å². The van der Waals surface area contributed by atoms with E-state index in [2.05, 4.69) is 58.5 Å². The highest BCUT2D eigenvalue weighted by atomic mass is 16.1. The number of carbonyl (C=O) groups is 1. The SMILES string of the molecule is CC(C)c1ccc(-c2ccnc3c(C(=O)N[C@@H](C)c4ccncc4)cnn23)cc1. The molecule has 3 heterocycles. The van der Waals surface area contributed by atoms with Gasteiger partial charge < -0.3 is 5.32 Å². The molecule has 0 spiro atoms. The van der Waals surface area contributed by atoms with Gasteiger partial charge in [-0.25, -0.2) is 9.50 Å². The molecule has 146 valence electrons. The van der Waals surface area contributed by atoms with Gasteiger partial charge in [-0.2, -0.15) is 5.10 Å². The number of rotatable bonds is 5. The van der Waals surface area contributed by atoms with Crippen molar-refractivity contribution in [1.29, 1.82) is 0 Å². The van der Waals surface area contributed by atoms with E-state index in [1.54, 1.807) is 29.3 Å². The van der Waals surface area contributed by atoms with Gasteiger partial charge in [-0.05, 0) is 42.2 Å². The first-order valence-electron chi connectivity index (χ1n) is 9.68. The molecule has 6 heteroatoms. The topological polar surface area (TPSA) is 72.2 Å². The van der Waals surface area contributed by atoms with Crippen LogP contribution in [0.15, 0.2) is 67.3 Å². The highest BCUT2D eigenvalue weighted by Gasteiger charge is 2.18. The van der Waals surface area contributed by atoms with E-state index in [0.29, 0.717) is 17.1 Å². The Morgan fingerprint density at radius 3 is 2.34 bits per heavy atom. The van der Waals surface area contributed by atoms with Gasteiger partial charge in [0.25, 0.3) is 5.91 Å². The van der Waals surface area contributed by atoms with E-state index in [9.17, 15) is 4.79 Å². The Morgan fingerprint density at radius 2 is 1.66 bits per heavy atom. The molecule has 0 bridgehead atoms. The number of benzene rings is 1. The van der Waals surface area contributed by atoms with Gasteiger partial charge in [-0.1, -0.05) is 38.1 Å². The molecule has 1 aromatic carbocycles. The second-order valence-corrected chi connectivity index (χ2v) is 7.38. The van der Waals surface area contributed by atoms with Crippen molar-refractivity contribution in [1.82, 2.24) is 24.9 Å². The van der Waals surface area contributed by atoms with Crippen molar-refractivity contribution in [3.05, 3.63) is 83.9 Å². The first-order chi connectivity index (χ1) is 14.0. The number of carbonyl (C=O) groups excluding carboxylic acids is 1. The van der Waals surface area contributed by atoms with Gasteiger partial charge in [0.1, 0.15) is 5.56 Å². The van der Waals surface area contributed by atoms with E-state index >= 15 is 0 Å². The van der Waals surface area contributed by atoms with Crippen molar-refractivity contribution in [3.8, 4) is 11.3 Å². The number of amides is 1. The summed E-state index contributed by atoms with van der Waals surface area (Å²) in [6.07, 6.45) is 6.71. The van der Waals surface area contributed by atoms with Gasteiger partial charge in [0.2, 0.25) is 0 Å². The van der Waals surface area contributed by atoms with E-state index in [0.717, 1.165) is 16.8 Å². The van der Waals surface area contributed by atoms with Crippen molar-refractivity contribution in [2.24, 2.45) is 0 Å². The predicted molar refractivity (Wildman–Crippen MR) is 113 cm³/mol. The van der Waals surface area contributed by atoms with Gasteiger partial charge in [0, 0.05) is 24.2 Å². The maximum Gasteiger partial charge on any atom is 0.257 e. The molecule has 0 aliphatic carbocycles. The van der Waals surface area contributed by atoms with Gasteiger partial charge in [-0.15, -0.1) is 0 Å². The molecule has 0 saturated heterocycles. The Morgan fingerprint density at radius 1 is 0.931 bits per heavy atom. The van der Waals surface area contributed by atoms with Crippen molar-refractivity contribution in [2.75, 3.05) is 0 Å². The second-order valence-electron chi connectivity index (χ2n) is 7.38. The van der Waals surface area contributed by atoms with Crippen LogP contribution < -0.4 is 5.32 Å². The fraction of sp³-hybridized carbons (Fsp3) is 0.217. The summed E-state index contributed by atoms with van der Waals surface area (Å²) in [6.45, 7) is 6.28. The Bertz CT molecular complexity index is 1130. The number of nitrogens with one attached hydrogen (secondary N) is 1. The number of hydrogen-bond acceptors (Lipinski definition) is 4. The third-order valence-electron chi connectivity index (χ3n) is 5.07. The summed E-state index contributed by atoms with van der Waals surface area (Å²) < 4.78 is 1.72. The third kappa shape index (κ3) is 3.74. The molecule has 0 aliphatic heterocycles. The maximum atomic E-state index is 12.9. The molecule has 0 unspecified atom stereocenters. The van der Waals surface area contributed by atoms with Crippen molar-refractivity contribution < 1.29 is 4.79 Å². The lowest BCUT2D eigenvalue weighted by Gasteiger charge is -2.13. The van der Waals surface area contributed by atoms with E-state index in [-0.39, 0.29) is 11.9 Å². The Hall–Kier alpha value is -3.54. The maximum absolute atomic E-state index is 12.9. The minimum atomic E-state index is -0.205. The lowest BCUT2D eigenvalue weighted by molar-refractivity contribution is 0.0941. The molecule has 1 atom stereocenters. The molecular weight excluding hydrogens is 362 g/mol. The van der Waals surface area contributed by atoms with Crippen LogP contribution in [-0.4, -0.2) is 25.5 Å². The normalized spacial score (nSPS) is 12.3. The summed E-state index contributed by atoms with van der Waals surface area (Å²) in [6, 6.07) is 13.9. The number of fused-ring (bicyclic) bond motifs is 1. The summed E-state index contributed by atoms with van der Waals surface area (Å²) >= 11 is 0. The molecule has 6 nitrogen and oxygen atoms in total. The fourth-order valence-corrected chi connectivity index (χ4v) is 3.32. The zero-order valence-corrected chi connectivity index (χ0v) is 16.7. The minimum absolute atomic E-state index is 0.146. The molecule has 29 heavy (non-hydrogen) atoms. The third-order valence-corrected chi connectivity index (χ3v) is 5.07. The largest absolute Gasteiger partial charge is 0.345 e. The van der Waals surface area contributed by atoms with Crippen LogP contribution in [0.5, 0.6) is 0 Å². The van der Waals surface area contributed by atoms with Crippen LogP contribution in [-0.2, 0) is 0 Å². The molecule has 0 aliphatic rings. The quantitative estimate of drug-likeness (QED) is 0.552. The summed E-state index contributed by atoms with van der Waals surface area (Å²) in [5.41, 5.74) is 5.18. The number of aromatic nitrogens is 4. The smallest absolute Gasteiger partial charge is 0.257 e. The predicted octanol–water partition coefficient (Wildman–Crippen LogP) is 4.41. The average Bonchev–Trinajstić information content (AvgIpc) is 3.19. The van der Waals surface area contributed by atoms with Crippen molar-refractivity contribution >= 4 is 11.6 Å². The Kier molecular flexibility index (Phi) is 5.08. The number of hydrogen-bond donors (Lipinski definition) is 1. The molecule has 0 saturated carbocycles. The fourth-order valence-electron chi connectivity index (χ4n) is 3.32. The molecule has 0 fully saturated rings. The van der Waals surface area contributed by atoms with Crippen LogP contribution in [0.3, 0.4) is 0 Å². The molecular formula is C23H23N5O. The van der Waals surface area contributed by atoms with Gasteiger partial charge >= 0.3 is 0 Å². The molecule has 1 amide bonds. The lowest BCUT2D eigenvalue weighted by Crippen LogP contribution is -2.26. The molecule has 0 radical (unpaired) electrons. The second kappa shape index (κ2) is 7.83. The van der Waals surface area contributed by atoms with E-state index in [1.165, 1.54) is 5.56 Å². The van der Waals surface area contributed by atoms with E-state index < -0.39 is 0 Å². The first-order valence-corrected chi connectivity index (χ1v) is 9.68. The van der Waals surface area contributed by atoms with Crippen LogP contribution in [0.4, 0.5) is 0 Å². The zero-order chi connectivity index (χ0) is 20.4. The first kappa shape index (κ1) is 18.8.